The molecule has 0 spiro atoms. The zero-order valence-corrected chi connectivity index (χ0v) is 9.75. The van der Waals surface area contributed by atoms with Gasteiger partial charge in [-0.2, -0.15) is 0 Å². The quantitative estimate of drug-likeness (QED) is 0.833. The van der Waals surface area contributed by atoms with Gasteiger partial charge >= 0.3 is 0 Å². The molecule has 0 aliphatic carbocycles. The number of carbonyl (C=O) groups is 1. The average molecular weight is 267 g/mol. The van der Waals surface area contributed by atoms with Crippen LogP contribution in [0.3, 0.4) is 0 Å². The Hall–Kier alpha value is -1.16. The minimum atomic E-state index is -0.0943. The van der Waals surface area contributed by atoms with Crippen molar-refractivity contribution in [1.82, 2.24) is 5.32 Å². The summed E-state index contributed by atoms with van der Waals surface area (Å²) in [5.41, 5.74) is 0.645. The molecule has 15 heavy (non-hydrogen) atoms. The van der Waals surface area contributed by atoms with Crippen LogP contribution in [-0.2, 0) is 0 Å². The van der Waals surface area contributed by atoms with Crippen molar-refractivity contribution in [2.75, 3.05) is 6.54 Å². The van der Waals surface area contributed by atoms with E-state index in [1.165, 1.54) is 0 Å². The first-order valence-corrected chi connectivity index (χ1v) is 5.66. The highest BCUT2D eigenvalue weighted by Gasteiger charge is 2.13. The molecule has 2 rings (SSSR count). The normalized spacial score (nSPS) is 14.9. The van der Waals surface area contributed by atoms with E-state index >= 15 is 0 Å². The summed E-state index contributed by atoms with van der Waals surface area (Å²) in [5.74, 6) is 0.707. The third kappa shape index (κ3) is 2.45. The van der Waals surface area contributed by atoms with Crippen LogP contribution < -0.4 is 5.32 Å². The van der Waals surface area contributed by atoms with Gasteiger partial charge in [0.25, 0.3) is 5.91 Å². The van der Waals surface area contributed by atoms with E-state index in [9.17, 15) is 4.79 Å². The number of hydrogen-bond donors (Lipinski definition) is 1. The summed E-state index contributed by atoms with van der Waals surface area (Å²) in [5, 5.41) is 2.82. The summed E-state index contributed by atoms with van der Waals surface area (Å²) in [6, 6.07) is 7.37. The molecule has 1 heterocycles. The Morgan fingerprint density at radius 3 is 2.87 bits per heavy atom. The van der Waals surface area contributed by atoms with Gasteiger partial charge in [0.2, 0.25) is 0 Å². The van der Waals surface area contributed by atoms with Crippen LogP contribution in [0.5, 0.6) is 0 Å². The zero-order chi connectivity index (χ0) is 10.7. The van der Waals surface area contributed by atoms with Gasteiger partial charge in [-0.05, 0) is 34.5 Å². The van der Waals surface area contributed by atoms with Crippen LogP contribution in [0.15, 0.2) is 33.7 Å². The van der Waals surface area contributed by atoms with E-state index in [4.69, 9.17) is 0 Å². The molecule has 0 radical (unpaired) electrons. The largest absolute Gasteiger partial charge is 0.310 e. The van der Waals surface area contributed by atoms with Crippen molar-refractivity contribution in [2.45, 2.75) is 12.8 Å². The number of carbonyl (C=O) groups excluding carboxylic acids is 1. The Morgan fingerprint density at radius 1 is 1.40 bits per heavy atom. The fourth-order valence-corrected chi connectivity index (χ4v) is 1.95. The number of rotatable bonds is 1. The molecule has 4 heteroatoms. The van der Waals surface area contributed by atoms with Gasteiger partial charge in [-0.15, -0.1) is 0 Å². The van der Waals surface area contributed by atoms with E-state index in [0.717, 1.165) is 29.7 Å². The Labute approximate surface area is 96.7 Å². The molecule has 0 atom stereocenters. The van der Waals surface area contributed by atoms with Crippen molar-refractivity contribution in [3.63, 3.8) is 0 Å². The molecule has 0 unspecified atom stereocenters. The van der Waals surface area contributed by atoms with Crippen LogP contribution in [0.4, 0.5) is 0 Å². The lowest BCUT2D eigenvalue weighted by molar-refractivity contribution is 0.0976. The van der Waals surface area contributed by atoms with Gasteiger partial charge in [0.05, 0.1) is 5.56 Å². The van der Waals surface area contributed by atoms with Crippen molar-refractivity contribution in [3.8, 4) is 0 Å². The van der Waals surface area contributed by atoms with Crippen LogP contribution >= 0.6 is 15.9 Å². The zero-order valence-electron chi connectivity index (χ0n) is 8.16. The van der Waals surface area contributed by atoms with Gasteiger partial charge in [0, 0.05) is 17.4 Å². The van der Waals surface area contributed by atoms with Crippen molar-refractivity contribution < 1.29 is 4.79 Å². The molecule has 1 aliphatic heterocycles. The number of amides is 1. The summed E-state index contributed by atoms with van der Waals surface area (Å²) in [4.78, 5) is 16.0. The lowest BCUT2D eigenvalue weighted by atomic mass is 10.2. The Kier molecular flexibility index (Phi) is 3.16. The van der Waals surface area contributed by atoms with Crippen LogP contribution in [0.25, 0.3) is 0 Å². The molecule has 1 aromatic rings. The molecule has 0 bridgehead atoms. The van der Waals surface area contributed by atoms with Crippen LogP contribution in [-0.4, -0.2) is 18.3 Å². The third-order valence-electron chi connectivity index (χ3n) is 2.25. The first-order valence-electron chi connectivity index (χ1n) is 4.86. The van der Waals surface area contributed by atoms with Gasteiger partial charge in [-0.1, -0.05) is 12.1 Å². The second-order valence-electron chi connectivity index (χ2n) is 3.37. The number of nitrogens with one attached hydrogen (secondary N) is 1. The van der Waals surface area contributed by atoms with Gasteiger partial charge < -0.3 is 5.32 Å². The van der Waals surface area contributed by atoms with Crippen LogP contribution in [0.2, 0.25) is 0 Å². The van der Waals surface area contributed by atoms with Gasteiger partial charge in [0.1, 0.15) is 5.84 Å². The number of amidine groups is 1. The molecule has 0 fully saturated rings. The van der Waals surface area contributed by atoms with E-state index in [-0.39, 0.29) is 5.91 Å². The molecule has 1 aliphatic rings. The van der Waals surface area contributed by atoms with E-state index in [2.05, 4.69) is 26.2 Å². The number of halogens is 1. The summed E-state index contributed by atoms with van der Waals surface area (Å²) < 4.78 is 0.807. The molecule has 0 saturated heterocycles. The van der Waals surface area contributed by atoms with Gasteiger partial charge in [-0.3, -0.25) is 9.79 Å². The molecule has 1 N–H and O–H groups in total. The van der Waals surface area contributed by atoms with E-state index in [0.29, 0.717) is 5.56 Å². The molecule has 1 amide bonds. The monoisotopic (exact) mass is 266 g/mol. The number of nitrogens with zero attached hydrogens (tertiary/aromatic N) is 1. The first-order chi connectivity index (χ1) is 7.27. The fourth-order valence-electron chi connectivity index (χ4n) is 1.49. The Morgan fingerprint density at radius 2 is 2.20 bits per heavy atom. The third-order valence-corrected chi connectivity index (χ3v) is 2.94. The summed E-state index contributed by atoms with van der Waals surface area (Å²) >= 11 is 3.35. The number of hydrogen-bond acceptors (Lipinski definition) is 2. The second kappa shape index (κ2) is 4.57. The first kappa shape index (κ1) is 10.4. The Balaban J connectivity index is 2.11. The minimum absolute atomic E-state index is 0.0943. The van der Waals surface area contributed by atoms with E-state index < -0.39 is 0 Å². The smallest absolute Gasteiger partial charge is 0.257 e. The topological polar surface area (TPSA) is 41.5 Å². The van der Waals surface area contributed by atoms with Crippen molar-refractivity contribution in [2.24, 2.45) is 4.99 Å². The van der Waals surface area contributed by atoms with Gasteiger partial charge in [0.15, 0.2) is 0 Å². The summed E-state index contributed by atoms with van der Waals surface area (Å²) in [6.45, 7) is 0.825. The summed E-state index contributed by atoms with van der Waals surface area (Å²) in [7, 11) is 0. The van der Waals surface area contributed by atoms with Crippen LogP contribution in [0, 0.1) is 0 Å². The van der Waals surface area contributed by atoms with Crippen LogP contribution in [0.1, 0.15) is 23.2 Å². The molecule has 1 aromatic carbocycles. The summed E-state index contributed by atoms with van der Waals surface area (Å²) in [6.07, 6.45) is 1.90. The van der Waals surface area contributed by atoms with E-state index in [1.54, 1.807) is 6.07 Å². The highest BCUT2D eigenvalue weighted by molar-refractivity contribution is 9.10. The molecular weight excluding hydrogens is 256 g/mol. The standard InChI is InChI=1S/C11H11BrN2O/c12-9-5-2-1-4-8(9)11(15)14-10-6-3-7-13-10/h1-2,4-5H,3,6-7H2,(H,13,14,15). The molecule has 0 saturated carbocycles. The average Bonchev–Trinajstić information content (AvgIpc) is 2.71. The SMILES string of the molecule is O=C(NC1=NCCC1)c1ccccc1Br. The van der Waals surface area contributed by atoms with Crippen molar-refractivity contribution >= 4 is 27.7 Å². The highest BCUT2D eigenvalue weighted by atomic mass is 79.9. The highest BCUT2D eigenvalue weighted by Crippen LogP contribution is 2.15. The van der Waals surface area contributed by atoms with E-state index in [1.807, 2.05) is 18.2 Å². The molecule has 0 aromatic heterocycles. The maximum Gasteiger partial charge on any atom is 0.257 e. The van der Waals surface area contributed by atoms with Crippen molar-refractivity contribution in [3.05, 3.63) is 34.3 Å². The predicted octanol–water partition coefficient (Wildman–Crippen LogP) is 2.37. The van der Waals surface area contributed by atoms with Crippen molar-refractivity contribution in [1.29, 1.82) is 0 Å². The fraction of sp³-hybridized carbons (Fsp3) is 0.273. The maximum absolute atomic E-state index is 11.8. The lowest BCUT2D eigenvalue weighted by Crippen LogP contribution is -2.29. The maximum atomic E-state index is 11.8. The van der Waals surface area contributed by atoms with Gasteiger partial charge in [-0.25, -0.2) is 0 Å². The number of benzene rings is 1. The molecular formula is C11H11BrN2O. The molecule has 78 valence electrons. The Bertz CT molecular complexity index is 415. The number of aliphatic imine (C=N–C) groups is 1. The minimum Gasteiger partial charge on any atom is -0.310 e. The second-order valence-corrected chi connectivity index (χ2v) is 4.22. The lowest BCUT2D eigenvalue weighted by Gasteiger charge is -2.05. The molecule has 3 nitrogen and oxygen atoms in total. The predicted molar refractivity (Wildman–Crippen MR) is 63.1 cm³/mol.